The van der Waals surface area contributed by atoms with Crippen LogP contribution in [0.4, 0.5) is 18.9 Å². The first-order valence-corrected chi connectivity index (χ1v) is 8.55. The van der Waals surface area contributed by atoms with Crippen LogP contribution >= 0.6 is 0 Å². The van der Waals surface area contributed by atoms with Gasteiger partial charge in [-0.25, -0.2) is 0 Å². The summed E-state index contributed by atoms with van der Waals surface area (Å²) in [4.78, 5) is 16.1. The second kappa shape index (κ2) is 6.52. The molecular weight excluding hydrogens is 375 g/mol. The first-order chi connectivity index (χ1) is 13.3. The Morgan fingerprint density at radius 1 is 1.21 bits per heavy atom. The number of nitrogens with zero attached hydrogens (tertiary/aromatic N) is 2. The highest BCUT2D eigenvalue weighted by atomic mass is 19.4. The minimum atomic E-state index is -4.83. The summed E-state index contributed by atoms with van der Waals surface area (Å²) < 4.78 is 42.9. The average Bonchev–Trinajstić information content (AvgIpc) is 2.95. The van der Waals surface area contributed by atoms with Gasteiger partial charge in [0, 0.05) is 24.0 Å². The van der Waals surface area contributed by atoms with Gasteiger partial charge in [-0.15, -0.1) is 18.1 Å². The van der Waals surface area contributed by atoms with E-state index in [1.165, 1.54) is 12.1 Å². The number of benzene rings is 2. The van der Waals surface area contributed by atoms with Crippen molar-refractivity contribution in [1.29, 1.82) is 0 Å². The molecule has 0 fully saturated rings. The molecule has 0 atom stereocenters. The van der Waals surface area contributed by atoms with Crippen molar-refractivity contribution in [3.8, 4) is 22.8 Å². The van der Waals surface area contributed by atoms with E-state index in [9.17, 15) is 23.2 Å². The number of alkyl halides is 3. The van der Waals surface area contributed by atoms with Crippen LogP contribution in [0.1, 0.15) is 11.1 Å². The van der Waals surface area contributed by atoms with E-state index < -0.39 is 6.36 Å². The maximum absolute atomic E-state index is 12.9. The van der Waals surface area contributed by atoms with Crippen LogP contribution in [-0.4, -0.2) is 34.9 Å². The van der Waals surface area contributed by atoms with E-state index in [0.717, 1.165) is 17.7 Å². The number of H-pyrrole nitrogens is 1. The number of hydrogen-bond donors (Lipinski definition) is 2. The predicted molar refractivity (Wildman–Crippen MR) is 97.6 cm³/mol. The second-order valence-electron chi connectivity index (χ2n) is 6.75. The van der Waals surface area contributed by atoms with Crippen LogP contribution in [0.15, 0.2) is 35.5 Å². The van der Waals surface area contributed by atoms with Crippen molar-refractivity contribution in [3.63, 3.8) is 0 Å². The number of likely N-dealkylation sites (N-methyl/N-ethyl adjacent to an activating group) is 1. The Balaban J connectivity index is 2.02. The molecule has 0 spiro atoms. The first kappa shape index (κ1) is 18.3. The molecule has 0 radical (unpaired) electrons. The molecule has 146 valence electrons. The van der Waals surface area contributed by atoms with E-state index in [1.54, 1.807) is 18.2 Å². The van der Waals surface area contributed by atoms with Gasteiger partial charge >= 0.3 is 6.36 Å². The molecule has 2 N–H and O–H groups in total. The summed E-state index contributed by atoms with van der Waals surface area (Å²) in [6.45, 7) is 1.24. The van der Waals surface area contributed by atoms with Gasteiger partial charge in [-0.2, -0.15) is 0 Å². The standard InChI is InChI=1S/C19H16F3N3O3/c1-25-7-6-10-12(11-4-2-3-5-15(11)28-19(20,21)22)8-13-16(14(10)9-25)23-18(26)17(13)24-27/h2-5,8,23,26H,6-7,9H2,1H3. The summed E-state index contributed by atoms with van der Waals surface area (Å²) >= 11 is 0. The minimum absolute atomic E-state index is 0.165. The fourth-order valence-electron chi connectivity index (χ4n) is 3.76. The number of aromatic amines is 1. The topological polar surface area (TPSA) is 77.9 Å². The molecule has 0 amide bonds. The van der Waals surface area contributed by atoms with Gasteiger partial charge in [-0.05, 0) is 47.5 Å². The number of aromatic hydroxyl groups is 1. The lowest BCUT2D eigenvalue weighted by atomic mass is 9.88. The van der Waals surface area contributed by atoms with Crippen LogP contribution in [0.5, 0.6) is 11.6 Å². The largest absolute Gasteiger partial charge is 0.573 e. The maximum Gasteiger partial charge on any atom is 0.573 e. The van der Waals surface area contributed by atoms with Crippen LogP contribution in [0, 0.1) is 4.91 Å². The molecule has 1 aromatic heterocycles. The molecule has 2 heterocycles. The van der Waals surface area contributed by atoms with Crippen molar-refractivity contribution in [2.75, 3.05) is 13.6 Å². The number of para-hydroxylation sites is 1. The highest BCUT2D eigenvalue weighted by Gasteiger charge is 2.33. The minimum Gasteiger partial charge on any atom is -0.493 e. The normalized spacial score (nSPS) is 14.9. The van der Waals surface area contributed by atoms with Gasteiger partial charge in [0.25, 0.3) is 0 Å². The molecule has 0 aliphatic carbocycles. The highest BCUT2D eigenvalue weighted by Crippen LogP contribution is 2.45. The van der Waals surface area contributed by atoms with E-state index in [2.05, 4.69) is 19.8 Å². The second-order valence-corrected chi connectivity index (χ2v) is 6.75. The number of ether oxygens (including phenoxy) is 1. The van der Waals surface area contributed by atoms with Crippen LogP contribution in [0.3, 0.4) is 0 Å². The molecule has 2 aromatic carbocycles. The summed E-state index contributed by atoms with van der Waals surface area (Å²) in [5.41, 5.74) is 2.85. The quantitative estimate of drug-likeness (QED) is 0.627. The number of rotatable bonds is 3. The zero-order chi connectivity index (χ0) is 20.1. The third-order valence-electron chi connectivity index (χ3n) is 4.94. The SMILES string of the molecule is CN1CCc2c(-c3ccccc3OC(F)(F)F)cc3c(N=O)c(O)[nH]c3c2C1. The van der Waals surface area contributed by atoms with Crippen molar-refractivity contribution in [1.82, 2.24) is 9.88 Å². The Morgan fingerprint density at radius 3 is 2.68 bits per heavy atom. The number of nitroso groups, excluding NO2 is 1. The van der Waals surface area contributed by atoms with Crippen molar-refractivity contribution in [2.45, 2.75) is 19.3 Å². The third-order valence-corrected chi connectivity index (χ3v) is 4.94. The molecular formula is C19H16F3N3O3. The fourth-order valence-corrected chi connectivity index (χ4v) is 3.76. The predicted octanol–water partition coefficient (Wildman–Crippen LogP) is 4.82. The Hall–Kier alpha value is -3.07. The zero-order valence-electron chi connectivity index (χ0n) is 14.8. The van der Waals surface area contributed by atoms with Crippen LogP contribution in [0.2, 0.25) is 0 Å². The summed E-state index contributed by atoms with van der Waals surface area (Å²) in [5.74, 6) is -0.687. The molecule has 4 rings (SSSR count). The van der Waals surface area contributed by atoms with Gasteiger partial charge in [0.1, 0.15) is 5.75 Å². The van der Waals surface area contributed by atoms with Gasteiger partial charge in [0.2, 0.25) is 5.88 Å². The third kappa shape index (κ3) is 3.07. The molecule has 28 heavy (non-hydrogen) atoms. The van der Waals surface area contributed by atoms with Gasteiger partial charge in [-0.1, -0.05) is 18.2 Å². The number of fused-ring (bicyclic) bond motifs is 3. The zero-order valence-corrected chi connectivity index (χ0v) is 14.8. The van der Waals surface area contributed by atoms with E-state index in [0.29, 0.717) is 29.4 Å². The number of hydrogen-bond acceptors (Lipinski definition) is 5. The molecule has 0 saturated heterocycles. The van der Waals surface area contributed by atoms with E-state index >= 15 is 0 Å². The maximum atomic E-state index is 12.9. The van der Waals surface area contributed by atoms with Gasteiger partial charge < -0.3 is 19.7 Å². The summed E-state index contributed by atoms with van der Waals surface area (Å²) in [7, 11) is 1.92. The van der Waals surface area contributed by atoms with Crippen LogP contribution in [0.25, 0.3) is 22.0 Å². The van der Waals surface area contributed by atoms with Gasteiger partial charge in [-0.3, -0.25) is 0 Å². The number of halogens is 3. The van der Waals surface area contributed by atoms with Crippen LogP contribution in [-0.2, 0) is 13.0 Å². The Labute approximate surface area is 157 Å². The molecule has 9 heteroatoms. The Bertz CT molecular complexity index is 1080. The molecule has 0 bridgehead atoms. The fraction of sp³-hybridized carbons (Fsp3) is 0.263. The summed E-state index contributed by atoms with van der Waals surface area (Å²) in [6.07, 6.45) is -4.23. The van der Waals surface area contributed by atoms with E-state index in [1.807, 2.05) is 7.05 Å². The van der Waals surface area contributed by atoms with E-state index in [4.69, 9.17) is 0 Å². The summed E-state index contributed by atoms with van der Waals surface area (Å²) in [6, 6.07) is 7.47. The molecule has 0 saturated carbocycles. The van der Waals surface area contributed by atoms with Crippen molar-refractivity contribution in [3.05, 3.63) is 46.4 Å². The van der Waals surface area contributed by atoms with Gasteiger partial charge in [0.15, 0.2) is 5.69 Å². The molecule has 0 unspecified atom stereocenters. The Morgan fingerprint density at radius 2 is 1.96 bits per heavy atom. The molecule has 1 aliphatic rings. The lowest BCUT2D eigenvalue weighted by Crippen LogP contribution is -2.27. The van der Waals surface area contributed by atoms with Crippen LogP contribution < -0.4 is 4.74 Å². The van der Waals surface area contributed by atoms with E-state index in [-0.39, 0.29) is 22.9 Å². The van der Waals surface area contributed by atoms with Crippen molar-refractivity contribution >= 4 is 16.6 Å². The lowest BCUT2D eigenvalue weighted by molar-refractivity contribution is -0.274. The number of nitrogens with one attached hydrogen (secondary N) is 1. The molecule has 1 aliphatic heterocycles. The molecule has 3 aromatic rings. The summed E-state index contributed by atoms with van der Waals surface area (Å²) in [5, 5.41) is 13.3. The first-order valence-electron chi connectivity index (χ1n) is 8.55. The van der Waals surface area contributed by atoms with Crippen molar-refractivity contribution < 1.29 is 23.0 Å². The highest BCUT2D eigenvalue weighted by molar-refractivity contribution is 6.00. The Kier molecular flexibility index (Phi) is 4.26. The smallest absolute Gasteiger partial charge is 0.493 e. The van der Waals surface area contributed by atoms with Gasteiger partial charge in [0.05, 0.1) is 5.52 Å². The monoisotopic (exact) mass is 391 g/mol. The molecule has 6 nitrogen and oxygen atoms in total. The number of aromatic nitrogens is 1. The lowest BCUT2D eigenvalue weighted by Gasteiger charge is -2.28. The van der Waals surface area contributed by atoms with Crippen molar-refractivity contribution in [2.24, 2.45) is 5.18 Å². The average molecular weight is 391 g/mol.